The lowest BCUT2D eigenvalue weighted by molar-refractivity contribution is 0.297. The van der Waals surface area contributed by atoms with Gasteiger partial charge >= 0.3 is 0 Å². The molecule has 0 unspecified atom stereocenters. The summed E-state index contributed by atoms with van der Waals surface area (Å²) in [5.74, 6) is 0.307. The summed E-state index contributed by atoms with van der Waals surface area (Å²) in [4.78, 5) is 0. The predicted molar refractivity (Wildman–Crippen MR) is 70.1 cm³/mol. The fourth-order valence-corrected chi connectivity index (χ4v) is 1.77. The van der Waals surface area contributed by atoms with Crippen molar-refractivity contribution in [1.29, 1.82) is 0 Å². The Hall–Kier alpha value is -1.58. The monoisotopic (exact) mass is 265 g/mol. The second-order valence-corrected chi connectivity index (χ2v) is 4.27. The maximum Gasteiger partial charge on any atom is 0.131 e. The molecule has 0 aromatic heterocycles. The summed E-state index contributed by atoms with van der Waals surface area (Å²) < 4.78 is 19.1. The highest BCUT2D eigenvalue weighted by Gasteiger charge is 2.05. The van der Waals surface area contributed by atoms with E-state index in [1.165, 1.54) is 6.07 Å². The first-order valence-corrected chi connectivity index (χ1v) is 5.93. The summed E-state index contributed by atoms with van der Waals surface area (Å²) in [5.41, 5.74) is 6.96. The van der Waals surface area contributed by atoms with E-state index in [1.807, 2.05) is 24.3 Å². The highest BCUT2D eigenvalue weighted by atomic mass is 35.5. The lowest BCUT2D eigenvalue weighted by Crippen LogP contribution is -2.03. The van der Waals surface area contributed by atoms with E-state index >= 15 is 0 Å². The molecule has 0 radical (unpaired) electrons. The summed E-state index contributed by atoms with van der Waals surface area (Å²) >= 11 is 5.68. The molecule has 94 valence electrons. The topological polar surface area (TPSA) is 35.2 Å². The number of benzene rings is 2. The van der Waals surface area contributed by atoms with Crippen LogP contribution in [0.2, 0.25) is 5.02 Å². The maximum absolute atomic E-state index is 13.5. The van der Waals surface area contributed by atoms with Gasteiger partial charge in [0.15, 0.2) is 0 Å². The normalized spacial score (nSPS) is 10.4. The van der Waals surface area contributed by atoms with E-state index in [-0.39, 0.29) is 12.4 Å². The van der Waals surface area contributed by atoms with Crippen molar-refractivity contribution in [3.63, 3.8) is 0 Å². The van der Waals surface area contributed by atoms with Gasteiger partial charge in [-0.2, -0.15) is 0 Å². The minimum atomic E-state index is -0.368. The number of halogens is 2. The van der Waals surface area contributed by atoms with E-state index in [4.69, 9.17) is 22.1 Å². The third kappa shape index (κ3) is 3.00. The molecule has 0 spiro atoms. The molecular weight excluding hydrogens is 253 g/mol. The molecule has 2 nitrogen and oxygen atoms in total. The van der Waals surface area contributed by atoms with Crippen LogP contribution in [0.1, 0.15) is 11.1 Å². The zero-order valence-corrected chi connectivity index (χ0v) is 10.5. The molecule has 0 bridgehead atoms. The Bertz CT molecular complexity index is 545. The van der Waals surface area contributed by atoms with Crippen molar-refractivity contribution < 1.29 is 9.13 Å². The predicted octanol–water partition coefficient (Wildman–Crippen LogP) is 3.52. The molecule has 0 atom stereocenters. The molecule has 0 saturated heterocycles. The van der Waals surface area contributed by atoms with Crippen molar-refractivity contribution in [3.8, 4) is 5.75 Å². The first-order valence-electron chi connectivity index (χ1n) is 5.55. The maximum atomic E-state index is 13.5. The zero-order valence-electron chi connectivity index (χ0n) is 9.70. The van der Waals surface area contributed by atoms with Gasteiger partial charge in [-0.25, -0.2) is 4.39 Å². The Morgan fingerprint density at radius 3 is 2.61 bits per heavy atom. The Labute approximate surface area is 110 Å². The molecule has 0 heterocycles. The Kier molecular flexibility index (Phi) is 4.18. The van der Waals surface area contributed by atoms with Gasteiger partial charge in [0.25, 0.3) is 0 Å². The molecule has 2 rings (SSSR count). The van der Waals surface area contributed by atoms with E-state index in [9.17, 15) is 4.39 Å². The first-order chi connectivity index (χ1) is 8.70. The van der Waals surface area contributed by atoms with E-state index < -0.39 is 0 Å². The number of hydrogen-bond donors (Lipinski definition) is 1. The van der Waals surface area contributed by atoms with Crippen LogP contribution >= 0.6 is 11.6 Å². The molecule has 2 N–H and O–H groups in total. The summed E-state index contributed by atoms with van der Waals surface area (Å²) in [6.45, 7) is 0.541. The van der Waals surface area contributed by atoms with Crippen LogP contribution in [0, 0.1) is 5.82 Å². The second-order valence-electron chi connectivity index (χ2n) is 3.84. The smallest absolute Gasteiger partial charge is 0.131 e. The standard InChI is InChI=1S/C14H13ClFNO/c15-12-6-5-11(13(16)7-12)9-18-14-4-2-1-3-10(14)8-17/h1-7H,8-9,17H2. The summed E-state index contributed by atoms with van der Waals surface area (Å²) in [5, 5.41) is 0.374. The number of ether oxygens (including phenoxy) is 1. The van der Waals surface area contributed by atoms with Crippen LogP contribution in [-0.2, 0) is 13.2 Å². The minimum absolute atomic E-state index is 0.153. The van der Waals surface area contributed by atoms with Crippen molar-refractivity contribution in [2.24, 2.45) is 5.73 Å². The average Bonchev–Trinajstić information content (AvgIpc) is 2.38. The van der Waals surface area contributed by atoms with Gasteiger partial charge in [-0.3, -0.25) is 0 Å². The third-order valence-corrected chi connectivity index (χ3v) is 2.83. The molecular formula is C14H13ClFNO. The molecule has 0 aliphatic rings. The summed E-state index contributed by atoms with van der Waals surface area (Å²) in [7, 11) is 0. The number of nitrogens with two attached hydrogens (primary N) is 1. The van der Waals surface area contributed by atoms with Crippen LogP contribution < -0.4 is 10.5 Å². The van der Waals surface area contributed by atoms with Crippen molar-refractivity contribution in [3.05, 3.63) is 64.4 Å². The number of hydrogen-bond acceptors (Lipinski definition) is 2. The minimum Gasteiger partial charge on any atom is -0.488 e. The van der Waals surface area contributed by atoms with E-state index in [2.05, 4.69) is 0 Å². The van der Waals surface area contributed by atoms with Gasteiger partial charge < -0.3 is 10.5 Å². The largest absolute Gasteiger partial charge is 0.488 e. The molecule has 18 heavy (non-hydrogen) atoms. The highest BCUT2D eigenvalue weighted by Crippen LogP contribution is 2.20. The van der Waals surface area contributed by atoms with E-state index in [1.54, 1.807) is 12.1 Å². The summed E-state index contributed by atoms with van der Waals surface area (Å²) in [6.07, 6.45) is 0. The van der Waals surface area contributed by atoms with Gasteiger partial charge in [-0.15, -0.1) is 0 Å². The molecule has 0 aliphatic carbocycles. The molecule has 0 fully saturated rings. The fourth-order valence-electron chi connectivity index (χ4n) is 1.61. The van der Waals surface area contributed by atoms with E-state index in [0.29, 0.717) is 22.9 Å². The van der Waals surface area contributed by atoms with Crippen LogP contribution in [0.15, 0.2) is 42.5 Å². The van der Waals surface area contributed by atoms with Gasteiger partial charge in [0, 0.05) is 22.7 Å². The van der Waals surface area contributed by atoms with Crippen LogP contribution in [0.5, 0.6) is 5.75 Å². The van der Waals surface area contributed by atoms with E-state index in [0.717, 1.165) is 5.56 Å². The lowest BCUT2D eigenvalue weighted by Gasteiger charge is -2.10. The zero-order chi connectivity index (χ0) is 13.0. The van der Waals surface area contributed by atoms with Gasteiger partial charge in [0.2, 0.25) is 0 Å². The SMILES string of the molecule is NCc1ccccc1OCc1ccc(Cl)cc1F. The van der Waals surface area contributed by atoms with Crippen LogP contribution in [-0.4, -0.2) is 0 Å². The average molecular weight is 266 g/mol. The van der Waals surface area contributed by atoms with Crippen LogP contribution in [0.4, 0.5) is 4.39 Å². The van der Waals surface area contributed by atoms with Gasteiger partial charge in [-0.05, 0) is 18.2 Å². The number of para-hydroxylation sites is 1. The quantitative estimate of drug-likeness (QED) is 0.918. The Morgan fingerprint density at radius 2 is 1.89 bits per heavy atom. The van der Waals surface area contributed by atoms with Gasteiger partial charge in [-0.1, -0.05) is 35.9 Å². The third-order valence-electron chi connectivity index (χ3n) is 2.59. The molecule has 2 aromatic rings. The Morgan fingerprint density at radius 1 is 1.11 bits per heavy atom. The van der Waals surface area contributed by atoms with Crippen LogP contribution in [0.25, 0.3) is 0 Å². The van der Waals surface area contributed by atoms with Gasteiger partial charge in [0.05, 0.1) is 0 Å². The molecule has 2 aromatic carbocycles. The van der Waals surface area contributed by atoms with Crippen molar-refractivity contribution in [2.45, 2.75) is 13.2 Å². The fraction of sp³-hybridized carbons (Fsp3) is 0.143. The number of rotatable bonds is 4. The van der Waals surface area contributed by atoms with Gasteiger partial charge in [0.1, 0.15) is 18.2 Å². The van der Waals surface area contributed by atoms with Crippen molar-refractivity contribution in [1.82, 2.24) is 0 Å². The Balaban J connectivity index is 2.11. The second kappa shape index (κ2) is 5.85. The highest BCUT2D eigenvalue weighted by molar-refractivity contribution is 6.30. The van der Waals surface area contributed by atoms with Crippen LogP contribution in [0.3, 0.4) is 0 Å². The summed E-state index contributed by atoms with van der Waals surface area (Å²) in [6, 6.07) is 12.0. The molecule has 0 amide bonds. The first kappa shape index (κ1) is 12.9. The molecule has 0 aliphatic heterocycles. The molecule has 0 saturated carbocycles. The molecule has 4 heteroatoms. The van der Waals surface area contributed by atoms with Crippen molar-refractivity contribution >= 4 is 11.6 Å². The lowest BCUT2D eigenvalue weighted by atomic mass is 10.2. The van der Waals surface area contributed by atoms with Crippen molar-refractivity contribution in [2.75, 3.05) is 0 Å².